The van der Waals surface area contributed by atoms with E-state index in [9.17, 15) is 14.7 Å². The molecule has 0 bridgehead atoms. The molecule has 0 saturated carbocycles. The lowest BCUT2D eigenvalue weighted by atomic mass is 10.1. The van der Waals surface area contributed by atoms with E-state index in [1.807, 2.05) is 45.9 Å². The van der Waals surface area contributed by atoms with Crippen LogP contribution in [0.25, 0.3) is 0 Å². The third-order valence-corrected chi connectivity index (χ3v) is 6.03. The number of fused-ring (bicyclic) bond motifs is 1. The van der Waals surface area contributed by atoms with E-state index < -0.39 is 0 Å². The zero-order chi connectivity index (χ0) is 27.7. The van der Waals surface area contributed by atoms with E-state index in [0.717, 1.165) is 48.4 Å². The van der Waals surface area contributed by atoms with Gasteiger partial charge in [0, 0.05) is 36.3 Å². The number of aromatic hydroxyl groups is 1. The number of unbranched alkanes of at least 4 members (excludes halogenated alkanes) is 2. The molecule has 0 radical (unpaired) electrons. The van der Waals surface area contributed by atoms with E-state index in [2.05, 4.69) is 10.3 Å². The van der Waals surface area contributed by atoms with E-state index in [0.29, 0.717) is 32.1 Å². The van der Waals surface area contributed by atoms with Crippen LogP contribution < -0.4 is 20.7 Å². The molecule has 9 heteroatoms. The Morgan fingerprint density at radius 2 is 1.87 bits per heavy atom. The van der Waals surface area contributed by atoms with Gasteiger partial charge in [-0.1, -0.05) is 6.92 Å². The van der Waals surface area contributed by atoms with Gasteiger partial charge in [0.1, 0.15) is 18.0 Å². The monoisotopic (exact) mass is 523 g/mol. The number of aliphatic imine (C=N–C) groups is 1. The van der Waals surface area contributed by atoms with Gasteiger partial charge in [-0.15, -0.1) is 0 Å². The van der Waals surface area contributed by atoms with E-state index in [-0.39, 0.29) is 29.6 Å². The minimum Gasteiger partial charge on any atom is -0.508 e. The summed E-state index contributed by atoms with van der Waals surface area (Å²) in [5.74, 6) is 1.25. The summed E-state index contributed by atoms with van der Waals surface area (Å²) in [6, 6.07) is 12.5. The number of carbonyl (C=O) groups is 2. The van der Waals surface area contributed by atoms with Crippen molar-refractivity contribution in [2.45, 2.75) is 71.9 Å². The van der Waals surface area contributed by atoms with Crippen LogP contribution >= 0.6 is 0 Å². The Kier molecular flexibility index (Phi) is 9.98. The van der Waals surface area contributed by atoms with Crippen molar-refractivity contribution in [1.82, 2.24) is 10.2 Å². The first kappa shape index (κ1) is 28.8. The predicted octanol–water partition coefficient (Wildman–Crippen LogP) is 4.45. The van der Waals surface area contributed by atoms with Gasteiger partial charge in [0.05, 0.1) is 12.3 Å². The van der Waals surface area contributed by atoms with Crippen LogP contribution in [0, 0.1) is 0 Å². The molecule has 0 fully saturated rings. The number of benzene rings is 2. The van der Waals surface area contributed by atoms with Crippen molar-refractivity contribution in [3.63, 3.8) is 0 Å². The van der Waals surface area contributed by atoms with Crippen molar-refractivity contribution < 1.29 is 19.4 Å². The van der Waals surface area contributed by atoms with Crippen LogP contribution in [-0.2, 0) is 16.1 Å². The molecule has 206 valence electrons. The van der Waals surface area contributed by atoms with Gasteiger partial charge in [0.25, 0.3) is 0 Å². The van der Waals surface area contributed by atoms with Crippen LogP contribution in [0.4, 0.5) is 11.4 Å². The maximum absolute atomic E-state index is 12.8. The van der Waals surface area contributed by atoms with Crippen LogP contribution in [0.3, 0.4) is 0 Å². The Hall–Kier alpha value is -3.75. The Balaban J connectivity index is 1.43. The number of hydrogen-bond donors (Lipinski definition) is 3. The van der Waals surface area contributed by atoms with Crippen molar-refractivity contribution in [1.29, 1.82) is 0 Å². The number of phenolic OH excluding ortho intramolecular Hbond substituents is 1. The molecule has 0 aliphatic carbocycles. The lowest BCUT2D eigenvalue weighted by molar-refractivity contribution is -0.123. The molecule has 0 aromatic heterocycles. The van der Waals surface area contributed by atoms with Crippen molar-refractivity contribution in [3.05, 3.63) is 48.0 Å². The maximum Gasteiger partial charge on any atom is 0.240 e. The van der Waals surface area contributed by atoms with Gasteiger partial charge in [-0.3, -0.25) is 9.59 Å². The molecule has 2 aromatic carbocycles. The molecule has 1 aliphatic heterocycles. The van der Waals surface area contributed by atoms with Gasteiger partial charge in [-0.25, -0.2) is 4.99 Å². The number of hydrogen-bond acceptors (Lipinski definition) is 7. The van der Waals surface area contributed by atoms with Gasteiger partial charge >= 0.3 is 0 Å². The minimum atomic E-state index is -0.313. The normalized spacial score (nSPS) is 12.9. The van der Waals surface area contributed by atoms with Crippen LogP contribution in [0.5, 0.6) is 11.5 Å². The van der Waals surface area contributed by atoms with E-state index in [4.69, 9.17) is 10.5 Å². The zero-order valence-corrected chi connectivity index (χ0v) is 23.0. The highest BCUT2D eigenvalue weighted by Crippen LogP contribution is 2.29. The van der Waals surface area contributed by atoms with Crippen LogP contribution in [0.1, 0.15) is 65.4 Å². The fourth-order valence-corrected chi connectivity index (χ4v) is 4.27. The van der Waals surface area contributed by atoms with Gasteiger partial charge in [-0.05, 0) is 88.9 Å². The molecule has 0 saturated heterocycles. The zero-order valence-electron chi connectivity index (χ0n) is 23.0. The summed E-state index contributed by atoms with van der Waals surface area (Å²) in [6.07, 6.45) is 3.83. The molecule has 0 atom stereocenters. The van der Waals surface area contributed by atoms with Gasteiger partial charge in [0.2, 0.25) is 11.8 Å². The average molecular weight is 524 g/mol. The number of carbonyl (C=O) groups excluding carboxylic acids is 2. The quantitative estimate of drug-likeness (QED) is 0.354. The average Bonchev–Trinajstić information content (AvgIpc) is 2.84. The molecule has 2 aromatic rings. The third-order valence-electron chi connectivity index (χ3n) is 6.03. The second-order valence-corrected chi connectivity index (χ2v) is 10.6. The number of nitrogens with zero attached hydrogens (tertiary/aromatic N) is 3. The van der Waals surface area contributed by atoms with Gasteiger partial charge in [-0.2, -0.15) is 0 Å². The molecule has 1 aliphatic rings. The highest BCUT2D eigenvalue weighted by molar-refractivity contribution is 5.93. The number of guanidine groups is 1. The molecule has 9 nitrogen and oxygen atoms in total. The van der Waals surface area contributed by atoms with E-state index in [1.54, 1.807) is 34.1 Å². The van der Waals surface area contributed by atoms with Crippen LogP contribution in [0.15, 0.2) is 47.5 Å². The Bertz CT molecular complexity index is 1120. The number of nitrogens with one attached hydrogen (secondary N) is 1. The van der Waals surface area contributed by atoms with Gasteiger partial charge in [0.15, 0.2) is 5.96 Å². The molecule has 2 amide bonds. The number of ether oxygens (including phenoxy) is 1. The topological polar surface area (TPSA) is 120 Å². The van der Waals surface area contributed by atoms with Crippen LogP contribution in [0.2, 0.25) is 0 Å². The number of nitrogens with two attached hydrogens (primary N) is 1. The van der Waals surface area contributed by atoms with Crippen molar-refractivity contribution in [3.8, 4) is 11.5 Å². The summed E-state index contributed by atoms with van der Waals surface area (Å²) < 4.78 is 5.96. The summed E-state index contributed by atoms with van der Waals surface area (Å²) in [6.45, 7) is 9.68. The molecular weight excluding hydrogens is 482 g/mol. The molecule has 38 heavy (non-hydrogen) atoms. The fourth-order valence-electron chi connectivity index (χ4n) is 4.27. The first-order chi connectivity index (χ1) is 18.1. The number of phenols is 1. The second-order valence-electron chi connectivity index (χ2n) is 10.6. The Morgan fingerprint density at radius 3 is 2.55 bits per heavy atom. The Morgan fingerprint density at radius 1 is 1.13 bits per heavy atom. The second kappa shape index (κ2) is 13.2. The summed E-state index contributed by atoms with van der Waals surface area (Å²) >= 11 is 0. The van der Waals surface area contributed by atoms with Crippen LogP contribution in [-0.4, -0.2) is 53.0 Å². The van der Waals surface area contributed by atoms with Crippen molar-refractivity contribution in [2.24, 2.45) is 10.7 Å². The first-order valence-corrected chi connectivity index (χ1v) is 13.3. The van der Waals surface area contributed by atoms with Crippen molar-refractivity contribution >= 4 is 29.1 Å². The number of anilines is 1. The summed E-state index contributed by atoms with van der Waals surface area (Å²) in [4.78, 5) is 33.1. The number of amides is 2. The molecule has 3 rings (SSSR count). The molecular formula is C29H41N5O4. The maximum atomic E-state index is 12.8. The fraction of sp³-hybridized carbons (Fsp3) is 0.483. The molecule has 0 spiro atoms. The smallest absolute Gasteiger partial charge is 0.240 e. The lowest BCUT2D eigenvalue weighted by Gasteiger charge is -2.29. The van der Waals surface area contributed by atoms with E-state index in [1.165, 1.54) is 0 Å². The lowest BCUT2D eigenvalue weighted by Crippen LogP contribution is -2.49. The standard InChI is InChI=1S/C29H41N5O4/c1-5-16-34(22-10-12-23(35)13-11-22)27(37)9-7-6-8-17-38-24-14-15-25-21(18-24)19-33(28(30)31-25)20-26(36)32-29(2,3)4/h10-15,18,35H,5-9,16-17,19-20H2,1-4H3,(H2,30,31)(H,32,36). The minimum absolute atomic E-state index is 0.0914. The van der Waals surface area contributed by atoms with Crippen molar-refractivity contribution in [2.75, 3.05) is 24.6 Å². The highest BCUT2D eigenvalue weighted by atomic mass is 16.5. The Labute approximate surface area is 225 Å². The summed E-state index contributed by atoms with van der Waals surface area (Å²) in [7, 11) is 0. The third kappa shape index (κ3) is 8.68. The summed E-state index contributed by atoms with van der Waals surface area (Å²) in [5, 5.41) is 12.5. The SMILES string of the molecule is CCCN(C(=O)CCCCCOc1ccc2c(c1)CN(CC(=O)NC(C)(C)C)C(N)=N2)c1ccc(O)cc1. The molecule has 4 N–H and O–H groups in total. The van der Waals surface area contributed by atoms with Gasteiger partial charge < -0.3 is 30.7 Å². The largest absolute Gasteiger partial charge is 0.508 e. The van der Waals surface area contributed by atoms with E-state index >= 15 is 0 Å². The first-order valence-electron chi connectivity index (χ1n) is 13.3. The summed E-state index contributed by atoms with van der Waals surface area (Å²) in [5.41, 5.74) is 8.33. The predicted molar refractivity (Wildman–Crippen MR) is 151 cm³/mol. The molecule has 1 heterocycles. The highest BCUT2D eigenvalue weighted by Gasteiger charge is 2.22. The molecule has 0 unspecified atom stereocenters. The number of rotatable bonds is 12.